The molecule has 0 amide bonds. The predicted octanol–water partition coefficient (Wildman–Crippen LogP) is 15.1. The number of nitrogens with zero attached hydrogens (tertiary/aromatic N) is 1. The van der Waals surface area contributed by atoms with Gasteiger partial charge in [0.05, 0.1) is 0 Å². The number of benzene rings is 8. The van der Waals surface area contributed by atoms with E-state index >= 15 is 0 Å². The Labute approximate surface area is 324 Å². The van der Waals surface area contributed by atoms with Gasteiger partial charge in [-0.05, 0) is 111 Å². The molecular formula is C51H35NO2S. The third-order valence-electron chi connectivity index (χ3n) is 11.3. The van der Waals surface area contributed by atoms with Crippen molar-refractivity contribution in [1.29, 1.82) is 0 Å². The van der Waals surface area contributed by atoms with Crippen LogP contribution in [-0.4, -0.2) is 0 Å². The molecular weight excluding hydrogens is 691 g/mol. The van der Waals surface area contributed by atoms with Gasteiger partial charge in [-0.15, -0.1) is 11.3 Å². The minimum absolute atomic E-state index is 0.0952. The molecule has 0 radical (unpaired) electrons. The topological polar surface area (TPSA) is 21.7 Å². The van der Waals surface area contributed by atoms with Crippen molar-refractivity contribution in [3.8, 4) is 56.4 Å². The summed E-state index contributed by atoms with van der Waals surface area (Å²) in [7, 11) is 0. The Morgan fingerprint density at radius 2 is 0.945 bits per heavy atom. The van der Waals surface area contributed by atoms with Gasteiger partial charge in [0.25, 0.3) is 0 Å². The van der Waals surface area contributed by atoms with Crippen molar-refractivity contribution in [3.63, 3.8) is 0 Å². The average Bonchev–Trinajstić information content (AvgIpc) is 3.70. The normalized spacial score (nSPS) is 13.3. The minimum Gasteiger partial charge on any atom is -0.449 e. The smallest absolute Gasteiger partial charge is 0.171 e. The lowest BCUT2D eigenvalue weighted by atomic mass is 9.82. The molecule has 9 aromatic rings. The second-order valence-electron chi connectivity index (χ2n) is 15.0. The van der Waals surface area contributed by atoms with Gasteiger partial charge in [0.1, 0.15) is 0 Å². The summed E-state index contributed by atoms with van der Waals surface area (Å²) in [5.41, 5.74) is 13.4. The minimum atomic E-state index is -0.0952. The van der Waals surface area contributed by atoms with Gasteiger partial charge in [-0.3, -0.25) is 0 Å². The van der Waals surface area contributed by atoms with Crippen LogP contribution in [0.5, 0.6) is 23.0 Å². The monoisotopic (exact) mass is 725 g/mol. The van der Waals surface area contributed by atoms with E-state index in [1.54, 1.807) is 11.3 Å². The van der Waals surface area contributed by atoms with Crippen LogP contribution in [-0.2, 0) is 5.41 Å². The Morgan fingerprint density at radius 1 is 0.400 bits per heavy atom. The number of hydrogen-bond acceptors (Lipinski definition) is 4. The van der Waals surface area contributed by atoms with E-state index in [2.05, 4.69) is 170 Å². The highest BCUT2D eigenvalue weighted by Gasteiger charge is 2.35. The van der Waals surface area contributed by atoms with Gasteiger partial charge < -0.3 is 14.4 Å². The summed E-state index contributed by atoms with van der Waals surface area (Å²) in [6.07, 6.45) is 0. The van der Waals surface area contributed by atoms with Crippen molar-refractivity contribution in [1.82, 2.24) is 0 Å². The Hall–Kier alpha value is -6.62. The Bertz CT molecular complexity index is 2940. The highest BCUT2D eigenvalue weighted by molar-refractivity contribution is 7.25. The number of ether oxygens (including phenoxy) is 2. The van der Waals surface area contributed by atoms with Crippen LogP contribution in [0.25, 0.3) is 53.6 Å². The van der Waals surface area contributed by atoms with E-state index in [0.29, 0.717) is 0 Å². The van der Waals surface area contributed by atoms with Gasteiger partial charge in [0, 0.05) is 48.7 Å². The third-order valence-corrected chi connectivity index (χ3v) is 12.5. The molecule has 55 heavy (non-hydrogen) atoms. The molecule has 262 valence electrons. The zero-order valence-corrected chi connectivity index (χ0v) is 31.2. The summed E-state index contributed by atoms with van der Waals surface area (Å²) in [6, 6.07) is 63.2. The lowest BCUT2D eigenvalue weighted by molar-refractivity contribution is 0.360. The van der Waals surface area contributed by atoms with Crippen molar-refractivity contribution in [2.45, 2.75) is 19.3 Å². The number of hydrogen-bond donors (Lipinski definition) is 0. The average molecular weight is 726 g/mol. The summed E-state index contributed by atoms with van der Waals surface area (Å²) in [5, 5.41) is 2.39. The van der Waals surface area contributed by atoms with Crippen molar-refractivity contribution in [2.24, 2.45) is 0 Å². The SMILES string of the molecule is CC1(C)c2ccccc2-c2ccc(N(c3ccc(-c4ccccc4)cc3)c3ccc(-c4ccc5sc6cc7c(cc6c5c4)Oc4ccccc4O7)cc3)cc21. The van der Waals surface area contributed by atoms with E-state index in [0.717, 1.165) is 40.1 Å². The predicted molar refractivity (Wildman–Crippen MR) is 229 cm³/mol. The van der Waals surface area contributed by atoms with Gasteiger partial charge in [-0.1, -0.05) is 117 Å². The molecule has 0 N–H and O–H groups in total. The fourth-order valence-electron chi connectivity index (χ4n) is 8.49. The van der Waals surface area contributed by atoms with Crippen molar-refractivity contribution in [3.05, 3.63) is 187 Å². The Morgan fingerprint density at radius 3 is 1.67 bits per heavy atom. The van der Waals surface area contributed by atoms with Gasteiger partial charge in [0.15, 0.2) is 23.0 Å². The zero-order valence-electron chi connectivity index (χ0n) is 30.4. The van der Waals surface area contributed by atoms with Crippen LogP contribution in [0.15, 0.2) is 176 Å². The van der Waals surface area contributed by atoms with Crippen LogP contribution in [0.2, 0.25) is 0 Å². The molecule has 1 aliphatic carbocycles. The van der Waals surface area contributed by atoms with E-state index in [1.807, 2.05) is 24.3 Å². The van der Waals surface area contributed by atoms with Gasteiger partial charge in [-0.2, -0.15) is 0 Å². The molecule has 11 rings (SSSR count). The van der Waals surface area contributed by atoms with E-state index in [-0.39, 0.29) is 5.41 Å². The first kappa shape index (κ1) is 31.9. The highest BCUT2D eigenvalue weighted by atomic mass is 32.1. The molecule has 4 heteroatoms. The molecule has 2 heterocycles. The van der Waals surface area contributed by atoms with E-state index in [1.165, 1.54) is 64.7 Å². The van der Waals surface area contributed by atoms with Crippen LogP contribution in [0.3, 0.4) is 0 Å². The molecule has 0 atom stereocenters. The van der Waals surface area contributed by atoms with Crippen LogP contribution >= 0.6 is 11.3 Å². The third kappa shape index (κ3) is 5.17. The second-order valence-corrected chi connectivity index (χ2v) is 16.0. The maximum atomic E-state index is 6.28. The summed E-state index contributed by atoms with van der Waals surface area (Å²) < 4.78 is 14.9. The molecule has 1 aliphatic heterocycles. The van der Waals surface area contributed by atoms with Crippen LogP contribution in [0.1, 0.15) is 25.0 Å². The van der Waals surface area contributed by atoms with Gasteiger partial charge in [0.2, 0.25) is 0 Å². The summed E-state index contributed by atoms with van der Waals surface area (Å²) in [4.78, 5) is 2.39. The van der Waals surface area contributed by atoms with Crippen molar-refractivity contribution in [2.75, 3.05) is 4.90 Å². The summed E-state index contributed by atoms with van der Waals surface area (Å²) >= 11 is 1.78. The Balaban J connectivity index is 0.978. The van der Waals surface area contributed by atoms with Crippen molar-refractivity contribution < 1.29 is 9.47 Å². The molecule has 0 spiro atoms. The second kappa shape index (κ2) is 12.2. The van der Waals surface area contributed by atoms with Gasteiger partial charge in [-0.25, -0.2) is 0 Å². The van der Waals surface area contributed by atoms with E-state index in [9.17, 15) is 0 Å². The summed E-state index contributed by atoms with van der Waals surface area (Å²) in [5.74, 6) is 2.99. The van der Waals surface area contributed by atoms with Gasteiger partial charge >= 0.3 is 0 Å². The maximum Gasteiger partial charge on any atom is 0.171 e. The number of thiophene rings is 1. The molecule has 0 fully saturated rings. The standard InChI is InChI=1S/C51H35NO2S/c1-51(2)43-13-7-6-12-39(43)40-26-25-38(29-44(40)51)52(36-21-16-33(17-22-36)32-10-4-3-5-11-32)37-23-18-34(19-24-37)35-20-27-49-41(28-35)42-30-47-48(31-50(42)55-49)54-46-15-9-8-14-45(46)53-47/h3-31H,1-2H3. The quantitative estimate of drug-likeness (QED) is 0.176. The van der Waals surface area contributed by atoms with Crippen LogP contribution < -0.4 is 14.4 Å². The first-order valence-electron chi connectivity index (χ1n) is 18.7. The Kier molecular flexibility index (Phi) is 7.07. The zero-order chi connectivity index (χ0) is 36.7. The lowest BCUT2D eigenvalue weighted by Crippen LogP contribution is -2.16. The summed E-state index contributed by atoms with van der Waals surface area (Å²) in [6.45, 7) is 4.69. The molecule has 8 aromatic carbocycles. The molecule has 0 bridgehead atoms. The largest absolute Gasteiger partial charge is 0.449 e. The highest BCUT2D eigenvalue weighted by Crippen LogP contribution is 2.52. The number of fused-ring (bicyclic) bond motifs is 8. The molecule has 0 saturated heterocycles. The fourth-order valence-corrected chi connectivity index (χ4v) is 9.59. The number of rotatable bonds is 5. The molecule has 0 saturated carbocycles. The van der Waals surface area contributed by atoms with Crippen molar-refractivity contribution >= 4 is 48.6 Å². The van der Waals surface area contributed by atoms with E-state index in [4.69, 9.17) is 9.47 Å². The molecule has 2 aliphatic rings. The maximum absolute atomic E-state index is 6.28. The fraction of sp³-hybridized carbons (Fsp3) is 0.0588. The lowest BCUT2D eigenvalue weighted by Gasteiger charge is -2.28. The first-order valence-corrected chi connectivity index (χ1v) is 19.6. The van der Waals surface area contributed by atoms with Crippen LogP contribution in [0.4, 0.5) is 17.1 Å². The van der Waals surface area contributed by atoms with Crippen LogP contribution in [0, 0.1) is 0 Å². The number of para-hydroxylation sites is 2. The van der Waals surface area contributed by atoms with E-state index < -0.39 is 0 Å². The first-order chi connectivity index (χ1) is 27.0. The molecule has 1 aromatic heterocycles. The number of anilines is 3. The molecule has 0 unspecified atom stereocenters. The molecule has 3 nitrogen and oxygen atoms in total.